The maximum absolute atomic E-state index is 11.9. The Balaban J connectivity index is 3.27. The van der Waals surface area contributed by atoms with Crippen molar-refractivity contribution in [2.45, 2.75) is 135 Å². The zero-order chi connectivity index (χ0) is 19.5. The highest BCUT2D eigenvalue weighted by Crippen LogP contribution is 2.21. The van der Waals surface area contributed by atoms with Crippen LogP contribution in [0.1, 0.15) is 116 Å². The van der Waals surface area contributed by atoms with E-state index >= 15 is 0 Å². The van der Waals surface area contributed by atoms with Crippen molar-refractivity contribution >= 4 is 14.7 Å². The summed E-state index contributed by atoms with van der Waals surface area (Å²) < 4.78 is 0. The van der Waals surface area contributed by atoms with Crippen molar-refractivity contribution < 1.29 is 4.79 Å². The van der Waals surface area contributed by atoms with Gasteiger partial charge in [-0.3, -0.25) is 4.79 Å². The molecule has 1 amide bonds. The van der Waals surface area contributed by atoms with Crippen LogP contribution < -0.4 is 5.32 Å². The Kier molecular flexibility index (Phi) is 19.2. The third kappa shape index (κ3) is 15.9. The molecule has 1 atom stereocenters. The summed E-state index contributed by atoms with van der Waals surface area (Å²) in [6.07, 6.45) is 23.6. The summed E-state index contributed by atoms with van der Waals surface area (Å²) in [7, 11) is 0.910. The zero-order valence-electron chi connectivity index (χ0n) is 18.6. The second-order valence-electron chi connectivity index (χ2n) is 8.56. The molecule has 1 N–H and O–H groups in total. The van der Waals surface area contributed by atoms with Crippen LogP contribution in [-0.4, -0.2) is 21.8 Å². The first-order valence-electron chi connectivity index (χ1n) is 11.8. The third-order valence-corrected chi connectivity index (χ3v) is 8.00. The first-order chi connectivity index (χ1) is 12.6. The fraction of sp³-hybridized carbons (Fsp3) is 0.957. The molecule has 0 saturated heterocycles. The molecule has 0 bridgehead atoms. The van der Waals surface area contributed by atoms with Crippen LogP contribution in [0.5, 0.6) is 0 Å². The van der Waals surface area contributed by atoms with Gasteiger partial charge in [0.25, 0.3) is 0 Å². The van der Waals surface area contributed by atoms with Crippen LogP contribution in [0.25, 0.3) is 0 Å². The fourth-order valence-electron chi connectivity index (χ4n) is 3.86. The predicted molar refractivity (Wildman–Crippen MR) is 121 cm³/mol. The van der Waals surface area contributed by atoms with E-state index < -0.39 is 8.80 Å². The minimum absolute atomic E-state index is 0.285. The molecular formula is C23H49NOSi. The number of amides is 1. The molecule has 0 radical (unpaired) electrons. The second-order valence-corrected chi connectivity index (χ2v) is 11.8. The van der Waals surface area contributed by atoms with Gasteiger partial charge >= 0.3 is 0 Å². The largest absolute Gasteiger partial charge is 0.359 e. The molecule has 1 unspecified atom stereocenters. The van der Waals surface area contributed by atoms with Crippen LogP contribution >= 0.6 is 0 Å². The smallest absolute Gasteiger partial charge is 0.219 e. The van der Waals surface area contributed by atoms with Crippen molar-refractivity contribution in [3.05, 3.63) is 0 Å². The highest BCUT2D eigenvalue weighted by atomic mass is 28.3. The van der Waals surface area contributed by atoms with Crippen molar-refractivity contribution in [2.75, 3.05) is 7.05 Å². The number of rotatable bonds is 19. The van der Waals surface area contributed by atoms with Gasteiger partial charge in [0.1, 0.15) is 0 Å². The minimum Gasteiger partial charge on any atom is -0.359 e. The molecule has 26 heavy (non-hydrogen) atoms. The first-order valence-corrected chi connectivity index (χ1v) is 14.8. The molecule has 0 aromatic carbocycles. The molecule has 0 spiro atoms. The maximum Gasteiger partial charge on any atom is 0.219 e. The Morgan fingerprint density at radius 1 is 0.692 bits per heavy atom. The molecule has 0 saturated carbocycles. The van der Waals surface area contributed by atoms with Crippen LogP contribution in [0.4, 0.5) is 0 Å². The number of nitrogens with one attached hydrogen (secondary N) is 1. The van der Waals surface area contributed by atoms with Crippen molar-refractivity contribution in [1.82, 2.24) is 5.32 Å². The Hall–Kier alpha value is -0.313. The van der Waals surface area contributed by atoms with E-state index in [2.05, 4.69) is 25.3 Å². The highest BCUT2D eigenvalue weighted by molar-refractivity contribution is 6.61. The van der Waals surface area contributed by atoms with Crippen LogP contribution in [-0.2, 0) is 4.79 Å². The van der Waals surface area contributed by atoms with E-state index in [-0.39, 0.29) is 5.91 Å². The topological polar surface area (TPSA) is 29.1 Å². The second kappa shape index (κ2) is 19.4. The fourth-order valence-corrected chi connectivity index (χ4v) is 5.54. The molecule has 0 aliphatic heterocycles. The number of hydrogen-bond acceptors (Lipinski definition) is 1. The van der Waals surface area contributed by atoms with Gasteiger partial charge in [-0.05, 0) is 6.42 Å². The first kappa shape index (κ1) is 25.7. The standard InChI is InChI=1S/C23H49NOSi/c1-5-6-7-8-9-10-11-12-13-14-15-16-17-18-19-20-21-22(26(3)4)23(25)24-2/h22,26H,5-21H2,1-4H3,(H,24,25). The summed E-state index contributed by atoms with van der Waals surface area (Å²) in [4.78, 5) is 11.9. The molecule has 0 aliphatic rings. The number of hydrogen-bond donors (Lipinski definition) is 1. The SMILES string of the molecule is CCCCCCCCCCCCCCCCCCC(C(=O)NC)[SiH](C)C. The monoisotopic (exact) mass is 383 g/mol. The lowest BCUT2D eigenvalue weighted by molar-refractivity contribution is -0.120. The van der Waals surface area contributed by atoms with E-state index in [1.54, 1.807) is 7.05 Å². The van der Waals surface area contributed by atoms with Gasteiger partial charge in [0, 0.05) is 21.4 Å². The van der Waals surface area contributed by atoms with Gasteiger partial charge in [0.05, 0.1) is 0 Å². The van der Waals surface area contributed by atoms with E-state index in [0.717, 1.165) is 6.42 Å². The van der Waals surface area contributed by atoms with Crippen molar-refractivity contribution in [3.8, 4) is 0 Å². The zero-order valence-corrected chi connectivity index (χ0v) is 19.7. The Labute approximate surface area is 166 Å². The molecule has 0 fully saturated rings. The van der Waals surface area contributed by atoms with Gasteiger partial charge in [0.15, 0.2) is 0 Å². The highest BCUT2D eigenvalue weighted by Gasteiger charge is 2.20. The van der Waals surface area contributed by atoms with Gasteiger partial charge in [-0.15, -0.1) is 0 Å². The van der Waals surface area contributed by atoms with Gasteiger partial charge in [-0.1, -0.05) is 123 Å². The molecule has 156 valence electrons. The number of carbonyl (C=O) groups is 1. The van der Waals surface area contributed by atoms with E-state index in [0.29, 0.717) is 5.54 Å². The molecule has 2 nitrogen and oxygen atoms in total. The van der Waals surface area contributed by atoms with Gasteiger partial charge in [-0.2, -0.15) is 0 Å². The summed E-state index contributed by atoms with van der Waals surface area (Å²) in [5.41, 5.74) is 0.339. The Bertz CT molecular complexity index is 307. The van der Waals surface area contributed by atoms with E-state index in [4.69, 9.17) is 0 Å². The lowest BCUT2D eigenvalue weighted by Crippen LogP contribution is -2.30. The van der Waals surface area contributed by atoms with Gasteiger partial charge in [0.2, 0.25) is 5.91 Å². The average Bonchev–Trinajstić information content (AvgIpc) is 2.63. The molecule has 0 aromatic heterocycles. The maximum atomic E-state index is 11.9. The number of unbranched alkanes of at least 4 members (excludes halogenated alkanes) is 15. The lowest BCUT2D eigenvalue weighted by Gasteiger charge is -2.17. The van der Waals surface area contributed by atoms with Crippen LogP contribution in [0, 0.1) is 0 Å². The molecule has 0 rings (SSSR count). The molecule has 0 heterocycles. The Morgan fingerprint density at radius 2 is 1.04 bits per heavy atom. The summed E-state index contributed by atoms with van der Waals surface area (Å²) in [5, 5.41) is 2.85. The predicted octanol–water partition coefficient (Wildman–Crippen LogP) is 7.24. The lowest BCUT2D eigenvalue weighted by atomic mass is 10.0. The van der Waals surface area contributed by atoms with E-state index in [9.17, 15) is 4.79 Å². The number of carbonyl (C=O) groups excluding carboxylic acids is 1. The van der Waals surface area contributed by atoms with Crippen LogP contribution in [0.3, 0.4) is 0 Å². The van der Waals surface area contributed by atoms with Crippen molar-refractivity contribution in [2.24, 2.45) is 0 Å². The van der Waals surface area contributed by atoms with E-state index in [1.807, 2.05) is 0 Å². The summed E-state index contributed by atoms with van der Waals surface area (Å²) in [6, 6.07) is 0. The molecular weight excluding hydrogens is 334 g/mol. The molecule has 3 heteroatoms. The Morgan fingerprint density at radius 3 is 1.35 bits per heavy atom. The summed E-state index contributed by atoms with van der Waals surface area (Å²) in [6.45, 7) is 6.88. The van der Waals surface area contributed by atoms with E-state index in [1.165, 1.54) is 103 Å². The van der Waals surface area contributed by atoms with Gasteiger partial charge in [-0.25, -0.2) is 0 Å². The van der Waals surface area contributed by atoms with Gasteiger partial charge < -0.3 is 5.32 Å². The molecule has 0 aliphatic carbocycles. The normalized spacial score (nSPS) is 12.5. The third-order valence-electron chi connectivity index (χ3n) is 5.76. The van der Waals surface area contributed by atoms with Crippen molar-refractivity contribution in [3.63, 3.8) is 0 Å². The van der Waals surface area contributed by atoms with Crippen LogP contribution in [0.15, 0.2) is 0 Å². The van der Waals surface area contributed by atoms with Crippen molar-refractivity contribution in [1.29, 1.82) is 0 Å². The average molecular weight is 384 g/mol. The quantitative estimate of drug-likeness (QED) is 0.185. The minimum atomic E-state index is -0.868. The van der Waals surface area contributed by atoms with Crippen LogP contribution in [0.2, 0.25) is 18.6 Å². The summed E-state index contributed by atoms with van der Waals surface area (Å²) in [5.74, 6) is 0.285. The molecule has 0 aromatic rings. The summed E-state index contributed by atoms with van der Waals surface area (Å²) >= 11 is 0.